The van der Waals surface area contributed by atoms with Gasteiger partial charge in [-0.3, -0.25) is 0 Å². The Kier molecular flexibility index (Phi) is 3.72. The molecule has 0 aromatic heterocycles. The summed E-state index contributed by atoms with van der Waals surface area (Å²) in [7, 11) is 0. The Balaban J connectivity index is 1.64. The van der Waals surface area contributed by atoms with Crippen molar-refractivity contribution in [3.8, 4) is 0 Å². The summed E-state index contributed by atoms with van der Waals surface area (Å²) in [4.78, 5) is 0. The Hall–Kier alpha value is -1.12. The van der Waals surface area contributed by atoms with Crippen LogP contribution >= 0.6 is 0 Å². The number of nitrogens with one attached hydrogen (secondary N) is 1. The molecular formula is C16H21F2N. The highest BCUT2D eigenvalue weighted by Gasteiger charge is 2.32. The Labute approximate surface area is 113 Å². The maximum Gasteiger partial charge on any atom is 0.128 e. The van der Waals surface area contributed by atoms with E-state index in [2.05, 4.69) is 5.32 Å². The van der Waals surface area contributed by atoms with Gasteiger partial charge in [0.1, 0.15) is 11.6 Å². The van der Waals surface area contributed by atoms with Gasteiger partial charge in [-0.2, -0.15) is 0 Å². The molecule has 3 rings (SSSR count). The summed E-state index contributed by atoms with van der Waals surface area (Å²) in [6, 6.07) is 4.07. The average Bonchev–Trinajstić information content (AvgIpc) is 2.37. The molecule has 0 amide bonds. The van der Waals surface area contributed by atoms with E-state index >= 15 is 0 Å². The van der Waals surface area contributed by atoms with Crippen molar-refractivity contribution in [1.82, 2.24) is 0 Å². The zero-order chi connectivity index (χ0) is 13.2. The molecule has 2 aliphatic rings. The van der Waals surface area contributed by atoms with E-state index in [-0.39, 0.29) is 0 Å². The van der Waals surface area contributed by atoms with E-state index in [0.717, 1.165) is 30.7 Å². The number of anilines is 1. The number of benzene rings is 1. The van der Waals surface area contributed by atoms with Crippen LogP contribution in [0.1, 0.15) is 44.9 Å². The van der Waals surface area contributed by atoms with Gasteiger partial charge in [-0.1, -0.05) is 25.7 Å². The standard InChI is InChI=1S/C16H21F2N/c17-13-8-14(18)10-16(9-13)19-15-6-5-11-3-1-2-4-12(11)7-15/h8-12,15,19H,1-7H2. The van der Waals surface area contributed by atoms with Crippen LogP contribution in [0.15, 0.2) is 18.2 Å². The lowest BCUT2D eigenvalue weighted by Gasteiger charge is -2.39. The maximum atomic E-state index is 13.2. The molecule has 0 aliphatic heterocycles. The van der Waals surface area contributed by atoms with Crippen LogP contribution in [-0.4, -0.2) is 6.04 Å². The summed E-state index contributed by atoms with van der Waals surface area (Å²) in [5.74, 6) is 0.706. The number of hydrogen-bond donors (Lipinski definition) is 1. The van der Waals surface area contributed by atoms with Gasteiger partial charge in [0.25, 0.3) is 0 Å². The van der Waals surface area contributed by atoms with Crippen LogP contribution in [0.5, 0.6) is 0 Å². The first kappa shape index (κ1) is 12.9. The summed E-state index contributed by atoms with van der Waals surface area (Å²) in [5.41, 5.74) is 0.580. The monoisotopic (exact) mass is 265 g/mol. The fraction of sp³-hybridized carbons (Fsp3) is 0.625. The second kappa shape index (κ2) is 5.48. The fourth-order valence-electron chi connectivity index (χ4n) is 3.88. The Morgan fingerprint density at radius 1 is 0.842 bits per heavy atom. The quantitative estimate of drug-likeness (QED) is 0.814. The molecular weight excluding hydrogens is 244 g/mol. The predicted octanol–water partition coefficient (Wildman–Crippen LogP) is 4.74. The molecule has 1 N–H and O–H groups in total. The van der Waals surface area contributed by atoms with Gasteiger partial charge >= 0.3 is 0 Å². The highest BCUT2D eigenvalue weighted by molar-refractivity contribution is 5.44. The SMILES string of the molecule is Fc1cc(F)cc(NC2CCC3CCCCC3C2)c1. The lowest BCUT2D eigenvalue weighted by Crippen LogP contribution is -2.34. The van der Waals surface area contributed by atoms with Crippen molar-refractivity contribution in [1.29, 1.82) is 0 Å². The first-order chi connectivity index (χ1) is 9.20. The van der Waals surface area contributed by atoms with Gasteiger partial charge in [0.2, 0.25) is 0 Å². The van der Waals surface area contributed by atoms with Gasteiger partial charge in [-0.05, 0) is 43.2 Å². The molecule has 1 aromatic rings. The summed E-state index contributed by atoms with van der Waals surface area (Å²) in [6.07, 6.45) is 8.99. The van der Waals surface area contributed by atoms with E-state index in [1.165, 1.54) is 44.2 Å². The number of hydrogen-bond acceptors (Lipinski definition) is 1. The van der Waals surface area contributed by atoms with Gasteiger partial charge in [-0.15, -0.1) is 0 Å². The van der Waals surface area contributed by atoms with Crippen molar-refractivity contribution < 1.29 is 8.78 Å². The Bertz CT molecular complexity index is 426. The summed E-state index contributed by atoms with van der Waals surface area (Å²) in [5, 5.41) is 3.32. The number of halogens is 2. The highest BCUT2D eigenvalue weighted by Crippen LogP contribution is 2.41. The molecule has 3 unspecified atom stereocenters. The summed E-state index contributed by atoms with van der Waals surface area (Å²) >= 11 is 0. The van der Waals surface area contributed by atoms with E-state index in [1.54, 1.807) is 0 Å². The molecule has 19 heavy (non-hydrogen) atoms. The lowest BCUT2D eigenvalue weighted by molar-refractivity contribution is 0.162. The zero-order valence-electron chi connectivity index (χ0n) is 11.2. The Morgan fingerprint density at radius 2 is 1.53 bits per heavy atom. The van der Waals surface area contributed by atoms with Crippen LogP contribution in [0.25, 0.3) is 0 Å². The second-order valence-electron chi connectivity index (χ2n) is 6.12. The molecule has 0 heterocycles. The third-order valence-electron chi connectivity index (χ3n) is 4.77. The third-order valence-corrected chi connectivity index (χ3v) is 4.77. The smallest absolute Gasteiger partial charge is 0.128 e. The molecule has 0 bridgehead atoms. The largest absolute Gasteiger partial charge is 0.382 e. The van der Waals surface area contributed by atoms with E-state index in [0.29, 0.717) is 11.7 Å². The van der Waals surface area contributed by atoms with Crippen LogP contribution < -0.4 is 5.32 Å². The first-order valence-corrected chi connectivity index (χ1v) is 7.43. The minimum absolute atomic E-state index is 0.376. The van der Waals surface area contributed by atoms with Crippen LogP contribution in [0.2, 0.25) is 0 Å². The molecule has 0 saturated heterocycles. The van der Waals surface area contributed by atoms with E-state index in [1.807, 2.05) is 0 Å². The normalized spacial score (nSPS) is 30.7. The van der Waals surface area contributed by atoms with Crippen LogP contribution in [0.4, 0.5) is 14.5 Å². The molecule has 104 valence electrons. The molecule has 3 atom stereocenters. The predicted molar refractivity (Wildman–Crippen MR) is 73.1 cm³/mol. The van der Waals surface area contributed by atoms with Crippen molar-refractivity contribution in [3.05, 3.63) is 29.8 Å². The molecule has 2 fully saturated rings. The van der Waals surface area contributed by atoms with E-state index < -0.39 is 11.6 Å². The van der Waals surface area contributed by atoms with E-state index in [9.17, 15) is 8.78 Å². The molecule has 1 aromatic carbocycles. The van der Waals surface area contributed by atoms with Crippen LogP contribution in [0.3, 0.4) is 0 Å². The van der Waals surface area contributed by atoms with Gasteiger partial charge in [0.05, 0.1) is 0 Å². The molecule has 0 spiro atoms. The topological polar surface area (TPSA) is 12.0 Å². The van der Waals surface area contributed by atoms with Gasteiger partial charge in [0, 0.05) is 17.8 Å². The molecule has 1 nitrogen and oxygen atoms in total. The van der Waals surface area contributed by atoms with Crippen LogP contribution in [0, 0.1) is 23.5 Å². The van der Waals surface area contributed by atoms with Gasteiger partial charge < -0.3 is 5.32 Å². The first-order valence-electron chi connectivity index (χ1n) is 7.43. The van der Waals surface area contributed by atoms with Crippen molar-refractivity contribution in [2.24, 2.45) is 11.8 Å². The van der Waals surface area contributed by atoms with Crippen molar-refractivity contribution in [2.45, 2.75) is 51.0 Å². The molecule has 2 aliphatic carbocycles. The summed E-state index contributed by atoms with van der Waals surface area (Å²) in [6.45, 7) is 0. The molecule has 2 saturated carbocycles. The number of rotatable bonds is 2. The van der Waals surface area contributed by atoms with E-state index in [4.69, 9.17) is 0 Å². The molecule has 3 heteroatoms. The minimum Gasteiger partial charge on any atom is -0.382 e. The molecule has 0 radical (unpaired) electrons. The number of fused-ring (bicyclic) bond motifs is 1. The fourth-order valence-corrected chi connectivity index (χ4v) is 3.88. The second-order valence-corrected chi connectivity index (χ2v) is 6.12. The van der Waals surface area contributed by atoms with Crippen LogP contribution in [-0.2, 0) is 0 Å². The highest BCUT2D eigenvalue weighted by atomic mass is 19.1. The van der Waals surface area contributed by atoms with Crippen molar-refractivity contribution >= 4 is 5.69 Å². The zero-order valence-corrected chi connectivity index (χ0v) is 11.2. The maximum absolute atomic E-state index is 13.2. The Morgan fingerprint density at radius 3 is 2.26 bits per heavy atom. The van der Waals surface area contributed by atoms with Gasteiger partial charge in [0.15, 0.2) is 0 Å². The van der Waals surface area contributed by atoms with Gasteiger partial charge in [-0.25, -0.2) is 8.78 Å². The minimum atomic E-state index is -0.506. The summed E-state index contributed by atoms with van der Waals surface area (Å²) < 4.78 is 26.3. The van der Waals surface area contributed by atoms with Crippen molar-refractivity contribution in [2.75, 3.05) is 5.32 Å². The lowest BCUT2D eigenvalue weighted by atomic mass is 9.69. The third kappa shape index (κ3) is 3.07. The average molecular weight is 265 g/mol. The van der Waals surface area contributed by atoms with Crippen molar-refractivity contribution in [3.63, 3.8) is 0 Å².